The van der Waals surface area contributed by atoms with Gasteiger partial charge in [0.1, 0.15) is 0 Å². The Labute approximate surface area is 143 Å². The van der Waals surface area contributed by atoms with E-state index in [1.54, 1.807) is 31.2 Å². The van der Waals surface area contributed by atoms with Crippen LogP contribution in [-0.2, 0) is 4.79 Å². The van der Waals surface area contributed by atoms with Gasteiger partial charge in [-0.3, -0.25) is 4.79 Å². The number of carboxylic acids is 1. The predicted octanol–water partition coefficient (Wildman–Crippen LogP) is 4.73. The first-order valence-corrected chi connectivity index (χ1v) is 7.40. The number of amides is 1. The number of rotatable bonds is 4. The predicted molar refractivity (Wildman–Crippen MR) is 92.1 cm³/mol. The van der Waals surface area contributed by atoms with Gasteiger partial charge in [0.2, 0.25) is 0 Å². The third-order valence-corrected chi connectivity index (χ3v) is 3.52. The molecule has 0 radical (unpaired) electrons. The van der Waals surface area contributed by atoms with Gasteiger partial charge < -0.3 is 10.4 Å². The molecule has 118 valence electrons. The fourth-order valence-corrected chi connectivity index (χ4v) is 2.31. The molecule has 0 bridgehead atoms. The van der Waals surface area contributed by atoms with Crippen LogP contribution in [0.1, 0.15) is 22.8 Å². The van der Waals surface area contributed by atoms with Crippen LogP contribution in [0.5, 0.6) is 0 Å². The highest BCUT2D eigenvalue weighted by molar-refractivity contribution is 6.31. The van der Waals surface area contributed by atoms with E-state index in [0.29, 0.717) is 10.6 Å². The first-order chi connectivity index (χ1) is 10.9. The molecule has 0 fully saturated rings. The molecule has 1 amide bonds. The van der Waals surface area contributed by atoms with Crippen molar-refractivity contribution < 1.29 is 14.7 Å². The van der Waals surface area contributed by atoms with Crippen LogP contribution in [0.25, 0.3) is 6.08 Å². The maximum atomic E-state index is 12.2. The van der Waals surface area contributed by atoms with Gasteiger partial charge in [0.15, 0.2) is 0 Å². The molecule has 0 spiro atoms. The number of carboxylic acid groups (broad SMARTS) is 1. The number of benzene rings is 2. The Morgan fingerprint density at radius 2 is 1.78 bits per heavy atom. The number of aromatic carboxylic acids is 1. The molecule has 0 aliphatic rings. The van der Waals surface area contributed by atoms with Gasteiger partial charge >= 0.3 is 5.97 Å². The Morgan fingerprint density at radius 3 is 2.43 bits per heavy atom. The maximum absolute atomic E-state index is 12.2. The Morgan fingerprint density at radius 1 is 1.09 bits per heavy atom. The summed E-state index contributed by atoms with van der Waals surface area (Å²) in [6.45, 7) is 1.63. The Bertz CT molecular complexity index is 800. The van der Waals surface area contributed by atoms with Crippen LogP contribution >= 0.6 is 23.2 Å². The lowest BCUT2D eigenvalue weighted by Gasteiger charge is -2.09. The van der Waals surface area contributed by atoms with Crippen molar-refractivity contribution in [1.29, 1.82) is 0 Å². The highest BCUT2D eigenvalue weighted by Crippen LogP contribution is 2.22. The molecule has 23 heavy (non-hydrogen) atoms. The molecule has 0 aromatic heterocycles. The number of anilines is 1. The fraction of sp³-hybridized carbons (Fsp3) is 0.0588. The highest BCUT2D eigenvalue weighted by Gasteiger charge is 2.14. The summed E-state index contributed by atoms with van der Waals surface area (Å²) in [7, 11) is 0. The Hall–Kier alpha value is -2.30. The summed E-state index contributed by atoms with van der Waals surface area (Å²) in [6.07, 6.45) is 1.66. The lowest BCUT2D eigenvalue weighted by Crippen LogP contribution is -2.15. The summed E-state index contributed by atoms with van der Waals surface area (Å²) in [5.74, 6) is -1.57. The first-order valence-electron chi connectivity index (χ1n) is 6.65. The van der Waals surface area contributed by atoms with Crippen molar-refractivity contribution in [2.75, 3.05) is 5.32 Å². The van der Waals surface area contributed by atoms with Crippen molar-refractivity contribution in [3.05, 3.63) is 69.2 Å². The summed E-state index contributed by atoms with van der Waals surface area (Å²) in [5.41, 5.74) is 1.31. The van der Waals surface area contributed by atoms with E-state index in [0.717, 1.165) is 5.56 Å². The summed E-state index contributed by atoms with van der Waals surface area (Å²) in [4.78, 5) is 23.4. The van der Waals surface area contributed by atoms with Crippen molar-refractivity contribution in [2.45, 2.75) is 6.92 Å². The van der Waals surface area contributed by atoms with Gasteiger partial charge in [0.25, 0.3) is 5.91 Å². The molecule has 2 aromatic carbocycles. The largest absolute Gasteiger partial charge is 0.478 e. The summed E-state index contributed by atoms with van der Waals surface area (Å²) < 4.78 is 0. The van der Waals surface area contributed by atoms with Gasteiger partial charge in [0, 0.05) is 15.6 Å². The van der Waals surface area contributed by atoms with Crippen LogP contribution in [0.2, 0.25) is 10.0 Å². The molecule has 0 unspecified atom stereocenters. The lowest BCUT2D eigenvalue weighted by atomic mass is 10.1. The molecular weight excluding hydrogens is 337 g/mol. The second-order valence-electron chi connectivity index (χ2n) is 4.83. The molecule has 0 saturated carbocycles. The third-order valence-electron chi connectivity index (χ3n) is 3.05. The molecule has 0 aliphatic carbocycles. The minimum Gasteiger partial charge on any atom is -0.478 e. The van der Waals surface area contributed by atoms with E-state index < -0.39 is 11.9 Å². The van der Waals surface area contributed by atoms with Gasteiger partial charge in [-0.05, 0) is 48.9 Å². The zero-order valence-electron chi connectivity index (χ0n) is 12.1. The van der Waals surface area contributed by atoms with Crippen LogP contribution in [0.15, 0.2) is 48.0 Å². The number of hydrogen-bond donors (Lipinski definition) is 2. The number of nitrogens with one attached hydrogen (secondary N) is 1. The molecule has 2 N–H and O–H groups in total. The van der Waals surface area contributed by atoms with E-state index >= 15 is 0 Å². The monoisotopic (exact) mass is 349 g/mol. The van der Waals surface area contributed by atoms with Gasteiger partial charge in [-0.15, -0.1) is 0 Å². The van der Waals surface area contributed by atoms with Crippen LogP contribution in [0, 0.1) is 0 Å². The highest BCUT2D eigenvalue weighted by atomic mass is 35.5. The van der Waals surface area contributed by atoms with Crippen LogP contribution in [0.3, 0.4) is 0 Å². The second kappa shape index (κ2) is 7.31. The van der Waals surface area contributed by atoms with E-state index in [1.165, 1.54) is 18.2 Å². The zero-order chi connectivity index (χ0) is 17.0. The zero-order valence-corrected chi connectivity index (χ0v) is 13.7. The van der Waals surface area contributed by atoms with Crippen molar-refractivity contribution in [2.24, 2.45) is 0 Å². The quantitative estimate of drug-likeness (QED) is 0.783. The fourth-order valence-electron chi connectivity index (χ4n) is 1.94. The minimum absolute atomic E-state index is 0.0681. The summed E-state index contributed by atoms with van der Waals surface area (Å²) in [5, 5.41) is 12.6. The van der Waals surface area contributed by atoms with Gasteiger partial charge in [-0.25, -0.2) is 4.79 Å². The average Bonchev–Trinajstić information content (AvgIpc) is 2.48. The standard InChI is InChI=1S/C17H13Cl2NO3/c1-10(7-11-3-2-4-12(18)8-11)16(21)20-15-6-5-13(19)9-14(15)17(22)23/h2-9H,1H3,(H,20,21)(H,22,23). The second-order valence-corrected chi connectivity index (χ2v) is 5.70. The Kier molecular flexibility index (Phi) is 5.42. The van der Waals surface area contributed by atoms with E-state index in [9.17, 15) is 9.59 Å². The minimum atomic E-state index is -1.17. The van der Waals surface area contributed by atoms with E-state index in [1.807, 2.05) is 6.07 Å². The lowest BCUT2D eigenvalue weighted by molar-refractivity contribution is -0.112. The van der Waals surface area contributed by atoms with E-state index in [-0.39, 0.29) is 16.3 Å². The van der Waals surface area contributed by atoms with Gasteiger partial charge in [-0.2, -0.15) is 0 Å². The molecule has 0 saturated heterocycles. The smallest absolute Gasteiger partial charge is 0.337 e. The SMILES string of the molecule is CC(=Cc1cccc(Cl)c1)C(=O)Nc1ccc(Cl)cc1C(=O)O. The number of hydrogen-bond acceptors (Lipinski definition) is 2. The Balaban J connectivity index is 2.23. The van der Waals surface area contributed by atoms with Gasteiger partial charge in [0.05, 0.1) is 11.3 Å². The van der Waals surface area contributed by atoms with Crippen molar-refractivity contribution in [3.8, 4) is 0 Å². The van der Waals surface area contributed by atoms with Crippen LogP contribution in [-0.4, -0.2) is 17.0 Å². The summed E-state index contributed by atoms with van der Waals surface area (Å²) >= 11 is 11.7. The van der Waals surface area contributed by atoms with E-state index in [2.05, 4.69) is 5.32 Å². The number of halogens is 2. The first kappa shape index (κ1) is 17.1. The molecule has 4 nitrogen and oxygen atoms in total. The maximum Gasteiger partial charge on any atom is 0.337 e. The molecule has 0 aliphatic heterocycles. The number of carbonyl (C=O) groups excluding carboxylic acids is 1. The third kappa shape index (κ3) is 4.58. The van der Waals surface area contributed by atoms with Crippen molar-refractivity contribution >= 4 is 46.8 Å². The van der Waals surface area contributed by atoms with Gasteiger partial charge in [-0.1, -0.05) is 35.3 Å². The van der Waals surface area contributed by atoms with Crippen LogP contribution < -0.4 is 5.32 Å². The van der Waals surface area contributed by atoms with Crippen molar-refractivity contribution in [1.82, 2.24) is 0 Å². The van der Waals surface area contributed by atoms with Crippen molar-refractivity contribution in [3.63, 3.8) is 0 Å². The van der Waals surface area contributed by atoms with E-state index in [4.69, 9.17) is 28.3 Å². The molecule has 2 aromatic rings. The normalized spacial score (nSPS) is 11.2. The molecule has 2 rings (SSSR count). The number of carbonyl (C=O) groups is 2. The topological polar surface area (TPSA) is 66.4 Å². The van der Waals surface area contributed by atoms with Crippen LogP contribution in [0.4, 0.5) is 5.69 Å². The molecule has 6 heteroatoms. The molecular formula is C17H13Cl2NO3. The molecule has 0 atom stereocenters. The molecule has 0 heterocycles. The average molecular weight is 350 g/mol. The summed E-state index contributed by atoms with van der Waals surface area (Å²) in [6, 6.07) is 11.3.